The molecule has 1 amide bonds. The molecule has 0 saturated heterocycles. The molecule has 0 spiro atoms. The summed E-state index contributed by atoms with van der Waals surface area (Å²) in [5, 5.41) is 6.81. The molecule has 2 aromatic carbocycles. The van der Waals surface area contributed by atoms with Crippen molar-refractivity contribution >= 4 is 33.2 Å². The molecule has 28 heavy (non-hydrogen) atoms. The highest BCUT2D eigenvalue weighted by atomic mass is 35.5. The van der Waals surface area contributed by atoms with E-state index in [1.807, 2.05) is 30.3 Å². The number of aromatic nitrogens is 2. The third-order valence-corrected chi connectivity index (χ3v) is 5.10. The first-order chi connectivity index (χ1) is 13.3. The SMILES string of the molecule is CS(=O)(=O)N(CC(=O)NCc1nc(-c2ccccc2)no1)c1cccc(Cl)c1. The van der Waals surface area contributed by atoms with Crippen LogP contribution in [0.3, 0.4) is 0 Å². The van der Waals surface area contributed by atoms with Gasteiger partial charge in [0.05, 0.1) is 18.5 Å². The van der Waals surface area contributed by atoms with Gasteiger partial charge in [0.1, 0.15) is 6.54 Å². The van der Waals surface area contributed by atoms with E-state index in [4.69, 9.17) is 16.1 Å². The zero-order chi connectivity index (χ0) is 20.1. The van der Waals surface area contributed by atoms with Gasteiger partial charge in [-0.15, -0.1) is 0 Å². The molecule has 3 rings (SSSR count). The van der Waals surface area contributed by atoms with Gasteiger partial charge in [0.25, 0.3) is 0 Å². The maximum atomic E-state index is 12.3. The Morgan fingerprint density at radius 1 is 1.18 bits per heavy atom. The second-order valence-corrected chi connectivity index (χ2v) is 8.25. The zero-order valence-electron chi connectivity index (χ0n) is 14.9. The topological polar surface area (TPSA) is 105 Å². The molecule has 0 fully saturated rings. The molecule has 10 heteroatoms. The smallest absolute Gasteiger partial charge is 0.246 e. The maximum Gasteiger partial charge on any atom is 0.246 e. The highest BCUT2D eigenvalue weighted by Gasteiger charge is 2.21. The predicted molar refractivity (Wildman–Crippen MR) is 105 cm³/mol. The maximum absolute atomic E-state index is 12.3. The lowest BCUT2D eigenvalue weighted by molar-refractivity contribution is -0.119. The molecule has 0 saturated carbocycles. The standard InChI is InChI=1S/C18H17ClN4O4S/c1-28(25,26)23(15-9-5-8-14(19)10-15)12-16(24)20-11-17-21-18(22-27-17)13-6-3-2-4-7-13/h2-10H,11-12H2,1H3,(H,20,24). The number of amides is 1. The van der Waals surface area contributed by atoms with Crippen LogP contribution in [0, 0.1) is 0 Å². The summed E-state index contributed by atoms with van der Waals surface area (Å²) in [6.45, 7) is -0.426. The summed E-state index contributed by atoms with van der Waals surface area (Å²) in [6.07, 6.45) is 1.02. The number of nitrogens with one attached hydrogen (secondary N) is 1. The van der Waals surface area contributed by atoms with Crippen LogP contribution in [0.25, 0.3) is 11.4 Å². The lowest BCUT2D eigenvalue weighted by Crippen LogP contribution is -2.40. The molecule has 3 aromatic rings. The minimum Gasteiger partial charge on any atom is -0.345 e. The lowest BCUT2D eigenvalue weighted by Gasteiger charge is -2.21. The number of rotatable bonds is 7. The summed E-state index contributed by atoms with van der Waals surface area (Å²) in [7, 11) is -3.68. The van der Waals surface area contributed by atoms with Gasteiger partial charge in [0.2, 0.25) is 27.6 Å². The number of carbonyl (C=O) groups is 1. The van der Waals surface area contributed by atoms with Gasteiger partial charge in [0.15, 0.2) is 0 Å². The van der Waals surface area contributed by atoms with E-state index >= 15 is 0 Å². The first kappa shape index (κ1) is 19.8. The molecule has 0 unspecified atom stereocenters. The van der Waals surface area contributed by atoms with E-state index in [1.165, 1.54) is 6.07 Å². The summed E-state index contributed by atoms with van der Waals surface area (Å²) >= 11 is 5.92. The van der Waals surface area contributed by atoms with Crippen molar-refractivity contribution in [2.45, 2.75) is 6.54 Å². The zero-order valence-corrected chi connectivity index (χ0v) is 16.4. The van der Waals surface area contributed by atoms with E-state index in [0.717, 1.165) is 16.1 Å². The van der Waals surface area contributed by atoms with E-state index in [2.05, 4.69) is 15.5 Å². The van der Waals surface area contributed by atoms with Crippen LogP contribution in [0.2, 0.25) is 5.02 Å². The van der Waals surface area contributed by atoms with Gasteiger partial charge in [-0.3, -0.25) is 9.10 Å². The normalized spacial score (nSPS) is 11.2. The predicted octanol–water partition coefficient (Wildman–Crippen LogP) is 2.47. The Labute approximate surface area is 167 Å². The van der Waals surface area contributed by atoms with Crippen LogP contribution >= 0.6 is 11.6 Å². The minimum absolute atomic E-state index is 0.0220. The molecule has 0 atom stereocenters. The molecule has 8 nitrogen and oxygen atoms in total. The van der Waals surface area contributed by atoms with E-state index in [0.29, 0.717) is 16.5 Å². The monoisotopic (exact) mass is 420 g/mol. The highest BCUT2D eigenvalue weighted by molar-refractivity contribution is 7.92. The largest absolute Gasteiger partial charge is 0.345 e. The van der Waals surface area contributed by atoms with E-state index in [1.54, 1.807) is 18.2 Å². The minimum atomic E-state index is -3.68. The number of carbonyl (C=O) groups excluding carboxylic acids is 1. The Morgan fingerprint density at radius 3 is 2.61 bits per heavy atom. The quantitative estimate of drug-likeness (QED) is 0.629. The Hall–Kier alpha value is -2.91. The Kier molecular flexibility index (Phi) is 5.96. The van der Waals surface area contributed by atoms with Crippen LogP contribution in [-0.4, -0.2) is 37.3 Å². The van der Waals surface area contributed by atoms with Crippen molar-refractivity contribution in [3.63, 3.8) is 0 Å². The van der Waals surface area contributed by atoms with Gasteiger partial charge in [-0.1, -0.05) is 53.2 Å². The van der Waals surface area contributed by atoms with Crippen molar-refractivity contribution in [2.24, 2.45) is 0 Å². The molecule has 1 heterocycles. The fourth-order valence-electron chi connectivity index (χ4n) is 2.42. The van der Waals surface area contributed by atoms with Crippen molar-refractivity contribution in [2.75, 3.05) is 17.1 Å². The van der Waals surface area contributed by atoms with Crippen LogP contribution in [0.5, 0.6) is 0 Å². The van der Waals surface area contributed by atoms with Crippen molar-refractivity contribution in [3.8, 4) is 11.4 Å². The fourth-order valence-corrected chi connectivity index (χ4v) is 3.46. The molecular formula is C18H17ClN4O4S. The summed E-state index contributed by atoms with van der Waals surface area (Å²) in [4.78, 5) is 16.5. The van der Waals surface area contributed by atoms with Crippen LogP contribution < -0.4 is 9.62 Å². The number of nitrogens with zero attached hydrogens (tertiary/aromatic N) is 3. The molecule has 0 bridgehead atoms. The summed E-state index contributed by atoms with van der Waals surface area (Å²) in [6, 6.07) is 15.5. The van der Waals surface area contributed by atoms with Crippen molar-refractivity contribution < 1.29 is 17.7 Å². The van der Waals surface area contributed by atoms with E-state index in [-0.39, 0.29) is 12.4 Å². The van der Waals surface area contributed by atoms with Gasteiger partial charge in [-0.05, 0) is 18.2 Å². The van der Waals surface area contributed by atoms with Crippen molar-refractivity contribution in [3.05, 3.63) is 65.5 Å². The average Bonchev–Trinajstić information content (AvgIpc) is 3.13. The number of sulfonamides is 1. The van der Waals surface area contributed by atoms with Crippen LogP contribution in [0.15, 0.2) is 59.1 Å². The Balaban J connectivity index is 1.65. The summed E-state index contributed by atoms with van der Waals surface area (Å²) in [5.41, 5.74) is 1.09. The van der Waals surface area contributed by atoms with Crippen molar-refractivity contribution in [1.82, 2.24) is 15.5 Å². The molecular weight excluding hydrogens is 404 g/mol. The van der Waals surface area contributed by atoms with Crippen LogP contribution in [-0.2, 0) is 21.4 Å². The Bertz CT molecular complexity index is 1070. The number of hydrogen-bond donors (Lipinski definition) is 1. The van der Waals surface area contributed by atoms with Gasteiger partial charge < -0.3 is 9.84 Å². The third kappa shape index (κ3) is 5.08. The first-order valence-electron chi connectivity index (χ1n) is 8.21. The number of hydrogen-bond acceptors (Lipinski definition) is 6. The molecule has 1 N–H and O–H groups in total. The molecule has 146 valence electrons. The van der Waals surface area contributed by atoms with E-state index < -0.39 is 22.5 Å². The molecule has 1 aromatic heterocycles. The molecule has 0 aliphatic carbocycles. The number of benzene rings is 2. The van der Waals surface area contributed by atoms with Crippen molar-refractivity contribution in [1.29, 1.82) is 0 Å². The molecule has 0 radical (unpaired) electrons. The van der Waals surface area contributed by atoms with Gasteiger partial charge in [0, 0.05) is 10.6 Å². The summed E-state index contributed by atoms with van der Waals surface area (Å²) < 4.78 is 30.2. The molecule has 0 aliphatic heterocycles. The van der Waals surface area contributed by atoms with Crippen LogP contribution in [0.1, 0.15) is 5.89 Å². The first-order valence-corrected chi connectivity index (χ1v) is 10.4. The Morgan fingerprint density at radius 2 is 1.93 bits per heavy atom. The number of anilines is 1. The van der Waals surface area contributed by atoms with Gasteiger partial charge in [-0.25, -0.2) is 8.42 Å². The van der Waals surface area contributed by atoms with Gasteiger partial charge in [-0.2, -0.15) is 4.98 Å². The number of halogens is 1. The van der Waals surface area contributed by atoms with Crippen LogP contribution in [0.4, 0.5) is 5.69 Å². The summed E-state index contributed by atoms with van der Waals surface area (Å²) in [5.74, 6) is 0.0901. The highest BCUT2D eigenvalue weighted by Crippen LogP contribution is 2.21. The third-order valence-electron chi connectivity index (χ3n) is 3.72. The fraction of sp³-hybridized carbons (Fsp3) is 0.167. The molecule has 0 aliphatic rings. The lowest BCUT2D eigenvalue weighted by atomic mass is 10.2. The van der Waals surface area contributed by atoms with E-state index in [9.17, 15) is 13.2 Å². The van der Waals surface area contributed by atoms with Gasteiger partial charge >= 0.3 is 0 Å². The second kappa shape index (κ2) is 8.41. The average molecular weight is 421 g/mol. The second-order valence-electron chi connectivity index (χ2n) is 5.90.